The van der Waals surface area contributed by atoms with Crippen molar-refractivity contribution in [3.05, 3.63) is 35.4 Å². The Balaban J connectivity index is 0.00000261. The van der Waals surface area contributed by atoms with Crippen LogP contribution in [-0.2, 0) is 10.2 Å². The number of halogens is 3. The number of rotatable bonds is 5. The zero-order chi connectivity index (χ0) is 18.6. The molecule has 1 heterocycles. The number of hydrogen-bond acceptors (Lipinski definition) is 2. The lowest BCUT2D eigenvalue weighted by atomic mass is 9.78. The van der Waals surface area contributed by atoms with E-state index in [0.717, 1.165) is 57.8 Å². The van der Waals surface area contributed by atoms with Crippen LogP contribution in [0.4, 0.5) is 8.78 Å². The monoisotopic (exact) mass is 493 g/mol. The van der Waals surface area contributed by atoms with E-state index in [1.165, 1.54) is 18.2 Å². The second kappa shape index (κ2) is 10.0. The van der Waals surface area contributed by atoms with Gasteiger partial charge in [-0.3, -0.25) is 4.99 Å². The van der Waals surface area contributed by atoms with Crippen molar-refractivity contribution in [3.63, 3.8) is 0 Å². The molecule has 3 rings (SSSR count). The quantitative estimate of drug-likeness (QED) is 0.384. The second-order valence-corrected chi connectivity index (χ2v) is 7.54. The van der Waals surface area contributed by atoms with Crippen LogP contribution in [0.3, 0.4) is 0 Å². The third-order valence-corrected chi connectivity index (χ3v) is 5.84. The molecule has 1 aromatic carbocycles. The topological polar surface area (TPSA) is 36.9 Å². The van der Waals surface area contributed by atoms with Gasteiger partial charge in [-0.15, -0.1) is 24.0 Å². The van der Waals surface area contributed by atoms with E-state index in [-0.39, 0.29) is 29.5 Å². The van der Waals surface area contributed by atoms with Gasteiger partial charge in [0.25, 0.3) is 0 Å². The van der Waals surface area contributed by atoms with Crippen molar-refractivity contribution in [2.45, 2.75) is 37.5 Å². The van der Waals surface area contributed by atoms with Crippen LogP contribution in [0.2, 0.25) is 0 Å². The molecular weight excluding hydrogens is 463 g/mol. The zero-order valence-electron chi connectivity index (χ0n) is 16.1. The summed E-state index contributed by atoms with van der Waals surface area (Å²) in [5.74, 6) is 0.435. The first-order chi connectivity index (χ1) is 12.6. The van der Waals surface area contributed by atoms with Crippen LogP contribution < -0.4 is 5.32 Å². The minimum absolute atomic E-state index is 0. The van der Waals surface area contributed by atoms with Gasteiger partial charge in [-0.1, -0.05) is 18.9 Å². The van der Waals surface area contributed by atoms with Crippen LogP contribution in [-0.4, -0.2) is 51.3 Å². The molecule has 1 aromatic rings. The van der Waals surface area contributed by atoms with Gasteiger partial charge >= 0.3 is 0 Å². The molecule has 1 atom stereocenters. The number of aliphatic imine (C=N–C) groups is 1. The molecule has 1 aliphatic carbocycles. The van der Waals surface area contributed by atoms with Crippen molar-refractivity contribution in [2.24, 2.45) is 10.9 Å². The number of hydrogen-bond donors (Lipinski definition) is 1. The molecule has 1 aliphatic heterocycles. The molecule has 0 aromatic heterocycles. The summed E-state index contributed by atoms with van der Waals surface area (Å²) in [6.07, 6.45) is 4.64. The van der Waals surface area contributed by atoms with Gasteiger partial charge < -0.3 is 15.0 Å². The van der Waals surface area contributed by atoms with Gasteiger partial charge in [-0.25, -0.2) is 8.78 Å². The van der Waals surface area contributed by atoms with E-state index in [9.17, 15) is 8.78 Å². The summed E-state index contributed by atoms with van der Waals surface area (Å²) < 4.78 is 34.2. The number of nitrogens with zero attached hydrogens (tertiary/aromatic N) is 2. The summed E-state index contributed by atoms with van der Waals surface area (Å²) in [6, 6.07) is 4.16. The van der Waals surface area contributed by atoms with Crippen LogP contribution in [0.15, 0.2) is 23.2 Å². The first-order valence-corrected chi connectivity index (χ1v) is 9.48. The number of benzene rings is 1. The summed E-state index contributed by atoms with van der Waals surface area (Å²) in [4.78, 5) is 6.61. The minimum atomic E-state index is -0.503. The molecule has 1 saturated carbocycles. The number of guanidine groups is 1. The molecule has 0 bridgehead atoms. The summed E-state index contributed by atoms with van der Waals surface area (Å²) in [5.41, 5.74) is -0.268. The summed E-state index contributed by atoms with van der Waals surface area (Å²) in [5, 5.41) is 3.41. The SMILES string of the molecule is CN=C(NCC1(c2c(F)cccc2F)CCCC1)N1CCC(COC)C1.I. The molecule has 1 N–H and O–H groups in total. The molecule has 152 valence electrons. The number of likely N-dealkylation sites (tertiary alicyclic amines) is 1. The van der Waals surface area contributed by atoms with E-state index >= 15 is 0 Å². The van der Waals surface area contributed by atoms with Crippen molar-refractivity contribution in [3.8, 4) is 0 Å². The molecule has 4 nitrogen and oxygen atoms in total. The van der Waals surface area contributed by atoms with Crippen molar-refractivity contribution in [1.29, 1.82) is 0 Å². The maximum Gasteiger partial charge on any atom is 0.193 e. The van der Waals surface area contributed by atoms with Gasteiger partial charge in [0, 0.05) is 50.7 Å². The van der Waals surface area contributed by atoms with E-state index in [4.69, 9.17) is 4.74 Å². The van der Waals surface area contributed by atoms with Crippen LogP contribution >= 0.6 is 24.0 Å². The Morgan fingerprint density at radius 3 is 2.56 bits per heavy atom. The molecule has 27 heavy (non-hydrogen) atoms. The van der Waals surface area contributed by atoms with Crippen LogP contribution in [0.1, 0.15) is 37.7 Å². The van der Waals surface area contributed by atoms with E-state index in [2.05, 4.69) is 15.2 Å². The maximum atomic E-state index is 14.5. The fourth-order valence-electron chi connectivity index (χ4n) is 4.55. The summed E-state index contributed by atoms with van der Waals surface area (Å²) >= 11 is 0. The number of methoxy groups -OCH3 is 1. The predicted octanol–water partition coefficient (Wildman–Crippen LogP) is 3.94. The van der Waals surface area contributed by atoms with Crippen LogP contribution in [0.5, 0.6) is 0 Å². The average molecular weight is 493 g/mol. The van der Waals surface area contributed by atoms with Gasteiger partial charge in [0.15, 0.2) is 5.96 Å². The Kier molecular flexibility index (Phi) is 8.27. The van der Waals surface area contributed by atoms with Gasteiger partial charge in [0.05, 0.1) is 6.61 Å². The highest BCUT2D eigenvalue weighted by atomic mass is 127. The molecule has 0 radical (unpaired) electrons. The lowest BCUT2D eigenvalue weighted by Gasteiger charge is -2.33. The van der Waals surface area contributed by atoms with Gasteiger partial charge in [-0.2, -0.15) is 0 Å². The second-order valence-electron chi connectivity index (χ2n) is 7.54. The van der Waals surface area contributed by atoms with Crippen LogP contribution in [0, 0.1) is 17.6 Å². The van der Waals surface area contributed by atoms with Gasteiger partial charge in [-0.05, 0) is 31.4 Å². The molecule has 7 heteroatoms. The fraction of sp³-hybridized carbons (Fsp3) is 0.650. The Morgan fingerprint density at radius 1 is 1.30 bits per heavy atom. The predicted molar refractivity (Wildman–Crippen MR) is 115 cm³/mol. The van der Waals surface area contributed by atoms with Crippen LogP contribution in [0.25, 0.3) is 0 Å². The highest BCUT2D eigenvalue weighted by molar-refractivity contribution is 14.0. The molecule has 0 spiro atoms. The minimum Gasteiger partial charge on any atom is -0.384 e. The van der Waals surface area contributed by atoms with Crippen molar-refractivity contribution in [2.75, 3.05) is 40.4 Å². The normalized spacial score (nSPS) is 22.0. The largest absolute Gasteiger partial charge is 0.384 e. The van der Waals surface area contributed by atoms with E-state index in [1.54, 1.807) is 14.2 Å². The van der Waals surface area contributed by atoms with E-state index < -0.39 is 17.0 Å². The van der Waals surface area contributed by atoms with E-state index in [0.29, 0.717) is 12.5 Å². The third-order valence-electron chi connectivity index (χ3n) is 5.84. The average Bonchev–Trinajstić information content (AvgIpc) is 3.27. The molecule has 1 saturated heterocycles. The van der Waals surface area contributed by atoms with Crippen molar-refractivity contribution >= 4 is 29.9 Å². The Hall–Kier alpha value is -0.960. The highest BCUT2D eigenvalue weighted by Gasteiger charge is 2.40. The van der Waals surface area contributed by atoms with Crippen molar-refractivity contribution < 1.29 is 13.5 Å². The third kappa shape index (κ3) is 4.91. The first kappa shape index (κ1) is 22.3. The van der Waals surface area contributed by atoms with Crippen molar-refractivity contribution in [1.82, 2.24) is 10.2 Å². The zero-order valence-corrected chi connectivity index (χ0v) is 18.5. The molecule has 2 aliphatic rings. The Bertz CT molecular complexity index is 630. The molecule has 1 unspecified atom stereocenters. The molecular formula is C20H30F2IN3O. The number of ether oxygens (including phenoxy) is 1. The van der Waals surface area contributed by atoms with Gasteiger partial charge in [0.1, 0.15) is 11.6 Å². The van der Waals surface area contributed by atoms with Gasteiger partial charge in [0.2, 0.25) is 0 Å². The molecule has 2 fully saturated rings. The summed E-state index contributed by atoms with van der Waals surface area (Å²) in [7, 11) is 3.49. The number of nitrogens with one attached hydrogen (secondary N) is 1. The molecule has 0 amide bonds. The standard InChI is InChI=1S/C20H29F2N3O.HI/c1-23-19(25-11-8-15(12-25)13-26-2)24-14-20(9-3-4-10-20)18-16(21)6-5-7-17(18)22;/h5-7,15H,3-4,8-14H2,1-2H3,(H,23,24);1H. The van der Waals surface area contributed by atoms with E-state index in [1.807, 2.05) is 0 Å². The maximum absolute atomic E-state index is 14.5. The highest BCUT2D eigenvalue weighted by Crippen LogP contribution is 2.42. The lowest BCUT2D eigenvalue weighted by Crippen LogP contribution is -2.46. The Morgan fingerprint density at radius 2 is 1.96 bits per heavy atom. The lowest BCUT2D eigenvalue weighted by molar-refractivity contribution is 0.157. The smallest absolute Gasteiger partial charge is 0.193 e. The first-order valence-electron chi connectivity index (χ1n) is 9.48. The fourth-order valence-corrected chi connectivity index (χ4v) is 4.55. The Labute approximate surface area is 177 Å². The summed E-state index contributed by atoms with van der Waals surface area (Å²) in [6.45, 7) is 3.07.